The van der Waals surface area contributed by atoms with Crippen LogP contribution in [0.25, 0.3) is 0 Å². The Morgan fingerprint density at radius 1 is 1.29 bits per heavy atom. The molecule has 0 atom stereocenters. The number of rotatable bonds is 8. The lowest BCUT2D eigenvalue weighted by Gasteiger charge is -2.23. The Kier molecular flexibility index (Phi) is 7.31. The highest BCUT2D eigenvalue weighted by Gasteiger charge is 2.17. The number of hydrogen-bond donors (Lipinski definition) is 2. The van der Waals surface area contributed by atoms with Crippen molar-refractivity contribution in [1.82, 2.24) is 4.90 Å². The topological polar surface area (TPSA) is 55.8 Å². The minimum Gasteiger partial charge on any atom is -0.396 e. The Labute approximate surface area is 143 Å². The number of aliphatic hydroxyl groups excluding tert-OH is 1. The van der Waals surface area contributed by atoms with Crippen molar-refractivity contribution in [2.24, 2.45) is 0 Å². The molecular formula is C18H28FN3O2. The van der Waals surface area contributed by atoms with Crippen molar-refractivity contribution in [2.45, 2.75) is 39.0 Å². The van der Waals surface area contributed by atoms with E-state index < -0.39 is 0 Å². The van der Waals surface area contributed by atoms with Gasteiger partial charge in [0.15, 0.2) is 0 Å². The van der Waals surface area contributed by atoms with Crippen molar-refractivity contribution in [3.05, 3.63) is 24.0 Å². The van der Waals surface area contributed by atoms with Crippen LogP contribution >= 0.6 is 0 Å². The van der Waals surface area contributed by atoms with E-state index in [0.717, 1.165) is 38.8 Å². The van der Waals surface area contributed by atoms with E-state index in [-0.39, 0.29) is 18.5 Å². The zero-order valence-electron chi connectivity index (χ0n) is 14.4. The van der Waals surface area contributed by atoms with E-state index in [4.69, 9.17) is 5.11 Å². The predicted molar refractivity (Wildman–Crippen MR) is 95.0 cm³/mol. The number of aliphatic hydroxyl groups is 1. The summed E-state index contributed by atoms with van der Waals surface area (Å²) in [5.74, 6) is -0.301. The highest BCUT2D eigenvalue weighted by Crippen LogP contribution is 2.26. The Bertz CT molecular complexity index is 525. The molecular weight excluding hydrogens is 309 g/mol. The van der Waals surface area contributed by atoms with Crippen LogP contribution in [0.1, 0.15) is 39.0 Å². The number of unbranched alkanes of at least 4 members (excludes halogenated alkanes) is 1. The normalized spacial score (nSPS) is 14.0. The number of urea groups is 1. The number of benzene rings is 1. The predicted octanol–water partition coefficient (Wildman–Crippen LogP) is 3.44. The smallest absolute Gasteiger partial charge is 0.321 e. The minimum atomic E-state index is -0.301. The molecule has 24 heavy (non-hydrogen) atoms. The summed E-state index contributed by atoms with van der Waals surface area (Å²) < 4.78 is 14.3. The quantitative estimate of drug-likeness (QED) is 0.764. The van der Waals surface area contributed by atoms with Crippen LogP contribution in [0.2, 0.25) is 0 Å². The van der Waals surface area contributed by atoms with Crippen LogP contribution in [0.4, 0.5) is 20.6 Å². The number of nitrogens with zero attached hydrogens (tertiary/aromatic N) is 2. The van der Waals surface area contributed by atoms with Crippen LogP contribution in [0.3, 0.4) is 0 Å². The number of nitrogens with one attached hydrogen (secondary N) is 1. The number of amides is 2. The fourth-order valence-corrected chi connectivity index (χ4v) is 2.93. The van der Waals surface area contributed by atoms with E-state index in [9.17, 15) is 9.18 Å². The van der Waals surface area contributed by atoms with Gasteiger partial charge in [-0.25, -0.2) is 9.18 Å². The van der Waals surface area contributed by atoms with Crippen LogP contribution in [0, 0.1) is 5.82 Å². The number of carbonyl (C=O) groups is 1. The summed E-state index contributed by atoms with van der Waals surface area (Å²) in [6.07, 6.45) is 4.62. The minimum absolute atomic E-state index is 0.0507. The number of halogens is 1. The number of hydrogen-bond acceptors (Lipinski definition) is 3. The SMILES string of the molecule is CCCCN(CCCO)C(=O)Nc1ccc(N2CCCC2)c(F)c1. The van der Waals surface area contributed by atoms with Crippen molar-refractivity contribution >= 4 is 17.4 Å². The van der Waals surface area contributed by atoms with Gasteiger partial charge >= 0.3 is 6.03 Å². The highest BCUT2D eigenvalue weighted by molar-refractivity contribution is 5.89. The summed E-state index contributed by atoms with van der Waals surface area (Å²) in [6, 6.07) is 4.62. The molecule has 2 N–H and O–H groups in total. The molecule has 1 heterocycles. The summed E-state index contributed by atoms with van der Waals surface area (Å²) in [4.78, 5) is 16.1. The van der Waals surface area contributed by atoms with Crippen molar-refractivity contribution in [1.29, 1.82) is 0 Å². The Hall–Kier alpha value is -1.82. The lowest BCUT2D eigenvalue weighted by molar-refractivity contribution is 0.201. The van der Waals surface area contributed by atoms with Gasteiger partial charge in [-0.15, -0.1) is 0 Å². The summed E-state index contributed by atoms with van der Waals surface area (Å²) >= 11 is 0. The Morgan fingerprint density at radius 3 is 2.62 bits per heavy atom. The highest BCUT2D eigenvalue weighted by atomic mass is 19.1. The number of anilines is 2. The first kappa shape index (κ1) is 18.5. The van der Waals surface area contributed by atoms with Crippen molar-refractivity contribution in [3.8, 4) is 0 Å². The molecule has 2 rings (SSSR count). The fourth-order valence-electron chi connectivity index (χ4n) is 2.93. The van der Waals surface area contributed by atoms with Crippen LogP contribution in [0.15, 0.2) is 18.2 Å². The van der Waals surface area contributed by atoms with Gasteiger partial charge in [0.1, 0.15) is 5.82 Å². The molecule has 0 bridgehead atoms. The molecule has 2 amide bonds. The van der Waals surface area contributed by atoms with Crippen molar-refractivity contribution in [3.63, 3.8) is 0 Å². The summed E-state index contributed by atoms with van der Waals surface area (Å²) in [5.41, 5.74) is 1.07. The molecule has 0 aliphatic carbocycles. The fraction of sp³-hybridized carbons (Fsp3) is 0.611. The van der Waals surface area contributed by atoms with Crippen molar-refractivity contribution < 1.29 is 14.3 Å². The molecule has 1 aromatic carbocycles. The third-order valence-corrected chi connectivity index (χ3v) is 4.30. The van der Waals surface area contributed by atoms with Gasteiger partial charge in [-0.1, -0.05) is 13.3 Å². The first-order chi connectivity index (χ1) is 11.7. The maximum atomic E-state index is 14.3. The summed E-state index contributed by atoms with van der Waals surface area (Å²) in [6.45, 7) is 5.01. The van der Waals surface area contributed by atoms with Crippen LogP contribution in [0.5, 0.6) is 0 Å². The van der Waals surface area contributed by atoms with Gasteiger partial charge in [-0.05, 0) is 43.9 Å². The van der Waals surface area contributed by atoms with E-state index in [1.807, 2.05) is 4.90 Å². The zero-order chi connectivity index (χ0) is 17.4. The molecule has 0 saturated carbocycles. The van der Waals surface area contributed by atoms with E-state index in [2.05, 4.69) is 12.2 Å². The van der Waals surface area contributed by atoms with Gasteiger partial charge in [-0.2, -0.15) is 0 Å². The van der Waals surface area contributed by atoms with Gasteiger partial charge in [0.05, 0.1) is 5.69 Å². The maximum Gasteiger partial charge on any atom is 0.321 e. The lowest BCUT2D eigenvalue weighted by Crippen LogP contribution is -2.36. The first-order valence-corrected chi connectivity index (χ1v) is 8.87. The molecule has 1 aromatic rings. The molecule has 0 unspecified atom stereocenters. The molecule has 1 fully saturated rings. The molecule has 134 valence electrons. The first-order valence-electron chi connectivity index (χ1n) is 8.87. The second kappa shape index (κ2) is 9.47. The average Bonchev–Trinajstić information content (AvgIpc) is 3.09. The van der Waals surface area contributed by atoms with Gasteiger partial charge in [0, 0.05) is 38.5 Å². The third-order valence-electron chi connectivity index (χ3n) is 4.30. The second-order valence-corrected chi connectivity index (χ2v) is 6.21. The second-order valence-electron chi connectivity index (χ2n) is 6.21. The molecule has 5 nitrogen and oxygen atoms in total. The molecule has 6 heteroatoms. The standard InChI is InChI=1S/C18H28FN3O2/c1-2-3-9-22(12-6-13-23)18(24)20-15-7-8-17(16(19)14-15)21-10-4-5-11-21/h7-8,14,23H,2-6,9-13H2,1H3,(H,20,24). The van der Waals surface area contributed by atoms with Crippen LogP contribution < -0.4 is 10.2 Å². The summed E-state index contributed by atoms with van der Waals surface area (Å²) in [7, 11) is 0. The molecule has 0 spiro atoms. The summed E-state index contributed by atoms with van der Waals surface area (Å²) in [5, 5.41) is 11.7. The Morgan fingerprint density at radius 2 is 2.00 bits per heavy atom. The molecule has 0 radical (unpaired) electrons. The molecule has 1 aliphatic rings. The number of carbonyl (C=O) groups excluding carboxylic acids is 1. The van der Waals surface area contributed by atoms with E-state index in [0.29, 0.717) is 30.9 Å². The van der Waals surface area contributed by atoms with Crippen LogP contribution in [-0.2, 0) is 0 Å². The van der Waals surface area contributed by atoms with E-state index >= 15 is 0 Å². The van der Waals surface area contributed by atoms with Gasteiger partial charge in [-0.3, -0.25) is 0 Å². The molecule has 0 aromatic heterocycles. The monoisotopic (exact) mass is 337 g/mol. The maximum absolute atomic E-state index is 14.3. The van der Waals surface area contributed by atoms with Gasteiger partial charge < -0.3 is 20.2 Å². The van der Waals surface area contributed by atoms with Gasteiger partial charge in [0.25, 0.3) is 0 Å². The largest absolute Gasteiger partial charge is 0.396 e. The van der Waals surface area contributed by atoms with E-state index in [1.54, 1.807) is 17.0 Å². The molecule has 1 aliphatic heterocycles. The van der Waals surface area contributed by atoms with Crippen molar-refractivity contribution in [2.75, 3.05) is 43.0 Å². The third kappa shape index (κ3) is 5.09. The lowest BCUT2D eigenvalue weighted by atomic mass is 10.2. The molecule has 1 saturated heterocycles. The zero-order valence-corrected chi connectivity index (χ0v) is 14.4. The van der Waals surface area contributed by atoms with Gasteiger partial charge in [0.2, 0.25) is 0 Å². The van der Waals surface area contributed by atoms with Crippen LogP contribution in [-0.4, -0.2) is 48.8 Å². The average molecular weight is 337 g/mol. The van der Waals surface area contributed by atoms with E-state index in [1.165, 1.54) is 6.07 Å². The Balaban J connectivity index is 1.99.